The minimum atomic E-state index is -0.589. The molecule has 0 saturated heterocycles. The van der Waals surface area contributed by atoms with Crippen molar-refractivity contribution in [3.63, 3.8) is 0 Å². The van der Waals surface area contributed by atoms with E-state index < -0.39 is 5.41 Å². The van der Waals surface area contributed by atoms with E-state index in [0.29, 0.717) is 5.92 Å². The van der Waals surface area contributed by atoms with Gasteiger partial charge in [0.15, 0.2) is 0 Å². The zero-order chi connectivity index (χ0) is 8.20. The molecular formula is C7H15O2Si. The van der Waals surface area contributed by atoms with Gasteiger partial charge in [0.2, 0.25) is 0 Å². The smallest absolute Gasteiger partial charge is 0.143 e. The van der Waals surface area contributed by atoms with Gasteiger partial charge in [-0.1, -0.05) is 13.8 Å². The summed E-state index contributed by atoms with van der Waals surface area (Å²) >= 11 is 0. The minimum absolute atomic E-state index is 0.553. The average Bonchev–Trinajstić information content (AvgIpc) is 1.87. The van der Waals surface area contributed by atoms with E-state index in [-0.39, 0.29) is 0 Å². The zero-order valence-electron chi connectivity index (χ0n) is 7.10. The Morgan fingerprint density at radius 2 is 1.70 bits per heavy atom. The van der Waals surface area contributed by atoms with Crippen LogP contribution in [0.1, 0.15) is 20.3 Å². The highest BCUT2D eigenvalue weighted by molar-refractivity contribution is 6.13. The van der Waals surface area contributed by atoms with E-state index in [4.69, 9.17) is 9.47 Å². The largest absolute Gasteiger partial charge is 0.358 e. The Balaban J connectivity index is 3.80. The van der Waals surface area contributed by atoms with Gasteiger partial charge in [0, 0.05) is 14.2 Å². The van der Waals surface area contributed by atoms with Crippen LogP contribution in [0.2, 0.25) is 0 Å². The summed E-state index contributed by atoms with van der Waals surface area (Å²) in [5, 5.41) is 0. The summed E-state index contributed by atoms with van der Waals surface area (Å²) in [5.74, 6) is 0.553. The molecule has 0 atom stereocenters. The van der Waals surface area contributed by atoms with Gasteiger partial charge in [-0.15, -0.1) is 0 Å². The Bertz CT molecular complexity index is 89.6. The van der Waals surface area contributed by atoms with E-state index in [9.17, 15) is 0 Å². The lowest BCUT2D eigenvalue weighted by Gasteiger charge is -2.28. The van der Waals surface area contributed by atoms with Crippen molar-refractivity contribution < 1.29 is 9.47 Å². The monoisotopic (exact) mass is 159 g/mol. The van der Waals surface area contributed by atoms with E-state index in [2.05, 4.69) is 24.1 Å². The second-order valence-electron chi connectivity index (χ2n) is 2.76. The molecule has 0 bridgehead atoms. The molecule has 0 heterocycles. The third kappa shape index (κ3) is 3.34. The molecule has 0 saturated carbocycles. The van der Waals surface area contributed by atoms with E-state index in [1.54, 1.807) is 14.2 Å². The topological polar surface area (TPSA) is 18.5 Å². The van der Waals surface area contributed by atoms with Crippen LogP contribution in [0.4, 0.5) is 0 Å². The van der Waals surface area contributed by atoms with Crippen molar-refractivity contribution in [1.82, 2.24) is 0 Å². The van der Waals surface area contributed by atoms with Crippen LogP contribution >= 0.6 is 0 Å². The highest BCUT2D eigenvalue weighted by Gasteiger charge is 2.23. The maximum atomic E-state index is 5.09. The van der Waals surface area contributed by atoms with Crippen LogP contribution < -0.4 is 0 Å². The fourth-order valence-corrected chi connectivity index (χ4v) is 1.20. The molecule has 0 rings (SSSR count). The Morgan fingerprint density at radius 3 is 1.80 bits per heavy atom. The Kier molecular flexibility index (Phi) is 4.16. The Hall–Kier alpha value is 0.137. The predicted molar refractivity (Wildman–Crippen MR) is 42.0 cm³/mol. The van der Waals surface area contributed by atoms with Crippen LogP contribution in [0.5, 0.6) is 0 Å². The first-order valence-electron chi connectivity index (χ1n) is 3.39. The van der Waals surface area contributed by atoms with Crippen molar-refractivity contribution in [2.75, 3.05) is 14.2 Å². The molecule has 3 radical (unpaired) electrons. The quantitative estimate of drug-likeness (QED) is 0.452. The number of methoxy groups -OCH3 is 2. The number of rotatable bonds is 4. The molecule has 3 heteroatoms. The van der Waals surface area contributed by atoms with Gasteiger partial charge < -0.3 is 9.47 Å². The third-order valence-electron chi connectivity index (χ3n) is 1.34. The van der Waals surface area contributed by atoms with E-state index in [1.165, 1.54) is 0 Å². The second-order valence-corrected chi connectivity index (χ2v) is 3.52. The summed E-state index contributed by atoms with van der Waals surface area (Å²) in [6.45, 7) is 4.24. The van der Waals surface area contributed by atoms with Crippen LogP contribution in [0.3, 0.4) is 0 Å². The first kappa shape index (κ1) is 10.1. The van der Waals surface area contributed by atoms with Gasteiger partial charge in [-0.3, -0.25) is 0 Å². The van der Waals surface area contributed by atoms with Crippen molar-refractivity contribution in [2.45, 2.75) is 25.7 Å². The summed E-state index contributed by atoms with van der Waals surface area (Å²) in [5.41, 5.74) is -0.589. The van der Waals surface area contributed by atoms with Gasteiger partial charge in [-0.2, -0.15) is 0 Å². The predicted octanol–water partition coefficient (Wildman–Crippen LogP) is 1.15. The van der Waals surface area contributed by atoms with Gasteiger partial charge in [-0.25, -0.2) is 0 Å². The highest BCUT2D eigenvalue weighted by Crippen LogP contribution is 2.16. The maximum Gasteiger partial charge on any atom is 0.143 e. The first-order valence-corrected chi connectivity index (χ1v) is 3.89. The molecule has 0 aromatic carbocycles. The lowest BCUT2D eigenvalue weighted by atomic mass is 10.1. The molecule has 0 amide bonds. The summed E-state index contributed by atoms with van der Waals surface area (Å²) in [7, 11) is 6.64. The van der Waals surface area contributed by atoms with Gasteiger partial charge in [0.1, 0.15) is 15.7 Å². The Morgan fingerprint density at radius 1 is 1.30 bits per heavy atom. The Labute approximate surface area is 66.3 Å². The molecule has 0 aliphatic carbocycles. The molecule has 0 aliphatic heterocycles. The number of hydrogen-bond acceptors (Lipinski definition) is 2. The number of ether oxygens (including phenoxy) is 2. The molecule has 0 N–H and O–H groups in total. The van der Waals surface area contributed by atoms with E-state index in [1.807, 2.05) is 0 Å². The standard InChI is InChI=1S/C7H15O2Si/c1-6(2)5-7(10,8-3)9-4/h6H,5H2,1-4H3. The van der Waals surface area contributed by atoms with Crippen LogP contribution in [-0.2, 0) is 9.47 Å². The summed E-state index contributed by atoms with van der Waals surface area (Å²) in [6.07, 6.45) is 0.844. The molecule has 10 heavy (non-hydrogen) atoms. The van der Waals surface area contributed by atoms with E-state index >= 15 is 0 Å². The molecule has 0 spiro atoms. The normalized spacial score (nSPS) is 12.6. The van der Waals surface area contributed by atoms with Crippen LogP contribution in [0.15, 0.2) is 0 Å². The van der Waals surface area contributed by atoms with Crippen LogP contribution in [0.25, 0.3) is 0 Å². The summed E-state index contributed by atoms with van der Waals surface area (Å²) in [4.78, 5) is 0. The third-order valence-corrected chi connectivity index (χ3v) is 1.95. The maximum absolute atomic E-state index is 5.09. The van der Waals surface area contributed by atoms with Crippen molar-refractivity contribution in [2.24, 2.45) is 5.92 Å². The number of hydrogen-bond donors (Lipinski definition) is 0. The average molecular weight is 159 g/mol. The van der Waals surface area contributed by atoms with Gasteiger partial charge >= 0.3 is 0 Å². The summed E-state index contributed by atoms with van der Waals surface area (Å²) in [6, 6.07) is 0. The van der Waals surface area contributed by atoms with Crippen molar-refractivity contribution >= 4 is 10.2 Å². The lowest BCUT2D eigenvalue weighted by molar-refractivity contribution is -0.151. The second kappa shape index (κ2) is 4.11. The van der Waals surface area contributed by atoms with Crippen LogP contribution in [-0.4, -0.2) is 29.9 Å². The van der Waals surface area contributed by atoms with Gasteiger partial charge in [-0.05, 0) is 12.3 Å². The van der Waals surface area contributed by atoms with Crippen LogP contribution in [0, 0.1) is 5.92 Å². The molecule has 0 aliphatic rings. The fourth-order valence-electron chi connectivity index (χ4n) is 0.787. The van der Waals surface area contributed by atoms with Gasteiger partial charge in [0.25, 0.3) is 0 Å². The van der Waals surface area contributed by atoms with Crippen molar-refractivity contribution in [1.29, 1.82) is 0 Å². The molecule has 0 aromatic heterocycles. The molecule has 59 valence electrons. The SMILES string of the molecule is COC([Si])(CC(C)C)OC. The summed E-state index contributed by atoms with van der Waals surface area (Å²) < 4.78 is 10.2. The van der Waals surface area contributed by atoms with Crippen molar-refractivity contribution in [3.8, 4) is 0 Å². The molecule has 0 unspecified atom stereocenters. The van der Waals surface area contributed by atoms with E-state index in [0.717, 1.165) is 6.42 Å². The van der Waals surface area contributed by atoms with Gasteiger partial charge in [0.05, 0.1) is 0 Å². The molecule has 0 fully saturated rings. The zero-order valence-corrected chi connectivity index (χ0v) is 8.10. The molecule has 0 aromatic rings. The molecular weight excluding hydrogens is 144 g/mol. The first-order chi connectivity index (χ1) is 4.54. The minimum Gasteiger partial charge on any atom is -0.358 e. The highest BCUT2D eigenvalue weighted by atomic mass is 28.1. The fraction of sp³-hybridized carbons (Fsp3) is 1.00. The molecule has 2 nitrogen and oxygen atoms in total. The lowest BCUT2D eigenvalue weighted by Crippen LogP contribution is -2.35. The van der Waals surface area contributed by atoms with Crippen molar-refractivity contribution in [3.05, 3.63) is 0 Å².